The summed E-state index contributed by atoms with van der Waals surface area (Å²) < 4.78 is 28.4. The molecule has 1 aromatic carbocycles. The third kappa shape index (κ3) is 4.40. The maximum atomic E-state index is 13.7. The lowest BCUT2D eigenvalue weighted by atomic mass is 10.2. The Labute approximate surface area is 175 Å². The number of fused-ring (bicyclic) bond motifs is 1. The molecule has 0 aliphatic heterocycles. The minimum atomic E-state index is -0.842. The van der Waals surface area contributed by atoms with Crippen molar-refractivity contribution in [2.45, 2.75) is 30.8 Å². The van der Waals surface area contributed by atoms with E-state index >= 15 is 0 Å². The molecule has 1 aliphatic rings. The molecule has 9 heteroatoms. The second kappa shape index (κ2) is 8.74. The number of benzene rings is 1. The van der Waals surface area contributed by atoms with Gasteiger partial charge in [0.2, 0.25) is 5.91 Å². The summed E-state index contributed by atoms with van der Waals surface area (Å²) in [6, 6.07) is 6.66. The molecule has 0 radical (unpaired) electrons. The van der Waals surface area contributed by atoms with Crippen LogP contribution in [0.3, 0.4) is 0 Å². The molecule has 154 valence electrons. The molecule has 1 amide bonds. The van der Waals surface area contributed by atoms with Crippen molar-refractivity contribution in [2.24, 2.45) is 0 Å². The Bertz CT molecular complexity index is 1150. The third-order valence-corrected chi connectivity index (χ3v) is 5.85. The number of pyridine rings is 1. The van der Waals surface area contributed by atoms with Crippen LogP contribution in [-0.4, -0.2) is 26.2 Å². The van der Waals surface area contributed by atoms with Crippen LogP contribution in [0, 0.1) is 11.6 Å². The molecule has 4 rings (SSSR count). The van der Waals surface area contributed by atoms with E-state index in [9.17, 15) is 18.4 Å². The minimum Gasteiger partial charge on any atom is -0.323 e. The van der Waals surface area contributed by atoms with Crippen molar-refractivity contribution >= 4 is 23.4 Å². The molecular formula is C21H18F2N4O2S. The van der Waals surface area contributed by atoms with Gasteiger partial charge in [-0.3, -0.25) is 14.3 Å². The van der Waals surface area contributed by atoms with Crippen LogP contribution in [0.15, 0.2) is 52.5 Å². The Morgan fingerprint density at radius 3 is 2.73 bits per heavy atom. The average Bonchev–Trinajstić information content (AvgIpc) is 3.22. The normalized spacial score (nSPS) is 12.6. The summed E-state index contributed by atoms with van der Waals surface area (Å²) >= 11 is 1.15. The smallest absolute Gasteiger partial charge is 0.323 e. The van der Waals surface area contributed by atoms with Crippen molar-refractivity contribution in [3.8, 4) is 0 Å². The number of nitrogens with zero attached hydrogens (tertiary/aromatic N) is 3. The summed E-state index contributed by atoms with van der Waals surface area (Å²) in [5.41, 5.74) is 2.44. The monoisotopic (exact) mass is 428 g/mol. The van der Waals surface area contributed by atoms with Crippen molar-refractivity contribution in [1.82, 2.24) is 14.5 Å². The highest BCUT2D eigenvalue weighted by atomic mass is 32.2. The minimum absolute atomic E-state index is 0.0376. The molecule has 0 bridgehead atoms. The maximum absolute atomic E-state index is 13.7. The van der Waals surface area contributed by atoms with E-state index in [4.69, 9.17) is 0 Å². The third-order valence-electron chi connectivity index (χ3n) is 4.84. The molecule has 6 nitrogen and oxygen atoms in total. The highest BCUT2D eigenvalue weighted by molar-refractivity contribution is 8.00. The van der Waals surface area contributed by atoms with Gasteiger partial charge in [0.15, 0.2) is 0 Å². The van der Waals surface area contributed by atoms with E-state index in [-0.39, 0.29) is 17.1 Å². The zero-order valence-electron chi connectivity index (χ0n) is 15.9. The van der Waals surface area contributed by atoms with E-state index in [0.717, 1.165) is 53.9 Å². The molecule has 1 N–H and O–H groups in total. The Balaban J connectivity index is 1.50. The molecule has 1 aliphatic carbocycles. The molecule has 2 aromatic heterocycles. The van der Waals surface area contributed by atoms with Gasteiger partial charge < -0.3 is 5.32 Å². The largest absolute Gasteiger partial charge is 0.349 e. The summed E-state index contributed by atoms with van der Waals surface area (Å²) in [5, 5.41) is 2.95. The number of rotatable bonds is 6. The summed E-state index contributed by atoms with van der Waals surface area (Å²) in [4.78, 5) is 33.1. The van der Waals surface area contributed by atoms with Crippen molar-refractivity contribution in [1.29, 1.82) is 0 Å². The topological polar surface area (TPSA) is 76.9 Å². The van der Waals surface area contributed by atoms with Gasteiger partial charge in [0.1, 0.15) is 16.7 Å². The second-order valence-electron chi connectivity index (χ2n) is 6.88. The van der Waals surface area contributed by atoms with Crippen LogP contribution in [0.1, 0.15) is 23.2 Å². The summed E-state index contributed by atoms with van der Waals surface area (Å²) in [5.74, 6) is -2.05. The van der Waals surface area contributed by atoms with E-state index in [1.54, 1.807) is 17.0 Å². The van der Waals surface area contributed by atoms with Crippen LogP contribution in [0.2, 0.25) is 0 Å². The molecule has 0 unspecified atom stereocenters. The number of carbonyl (C=O) groups is 1. The van der Waals surface area contributed by atoms with Crippen molar-refractivity contribution < 1.29 is 13.6 Å². The molecule has 0 fully saturated rings. The second-order valence-corrected chi connectivity index (χ2v) is 7.85. The maximum Gasteiger partial charge on any atom is 0.349 e. The van der Waals surface area contributed by atoms with Gasteiger partial charge in [-0.2, -0.15) is 4.98 Å². The van der Waals surface area contributed by atoms with Crippen LogP contribution in [0.5, 0.6) is 0 Å². The quantitative estimate of drug-likeness (QED) is 0.482. The van der Waals surface area contributed by atoms with Crippen LogP contribution in [0.25, 0.3) is 0 Å². The van der Waals surface area contributed by atoms with Gasteiger partial charge in [-0.1, -0.05) is 11.8 Å². The van der Waals surface area contributed by atoms with Crippen LogP contribution in [0.4, 0.5) is 14.5 Å². The van der Waals surface area contributed by atoms with Gasteiger partial charge in [-0.05, 0) is 49.1 Å². The molecule has 0 spiro atoms. The number of aromatic nitrogens is 3. The molecule has 2 heterocycles. The van der Waals surface area contributed by atoms with Gasteiger partial charge in [-0.25, -0.2) is 13.6 Å². The number of halogens is 2. The van der Waals surface area contributed by atoms with Gasteiger partial charge >= 0.3 is 5.69 Å². The molecule has 0 saturated carbocycles. The Hall–Kier alpha value is -3.07. The average molecular weight is 428 g/mol. The van der Waals surface area contributed by atoms with Gasteiger partial charge in [0.05, 0.1) is 18.0 Å². The number of amides is 1. The Morgan fingerprint density at radius 1 is 1.17 bits per heavy atom. The highest BCUT2D eigenvalue weighted by Crippen LogP contribution is 2.29. The fourth-order valence-corrected chi connectivity index (χ4v) is 4.33. The first-order chi connectivity index (χ1) is 14.5. The number of thioether (sulfide) groups is 1. The first-order valence-electron chi connectivity index (χ1n) is 9.40. The lowest BCUT2D eigenvalue weighted by Gasteiger charge is -2.14. The Kier molecular flexibility index (Phi) is 5.89. The van der Waals surface area contributed by atoms with E-state index in [2.05, 4.69) is 15.3 Å². The van der Waals surface area contributed by atoms with Crippen LogP contribution < -0.4 is 11.0 Å². The van der Waals surface area contributed by atoms with Crippen LogP contribution in [-0.2, 0) is 24.2 Å². The van der Waals surface area contributed by atoms with E-state index in [0.29, 0.717) is 17.6 Å². The summed E-state index contributed by atoms with van der Waals surface area (Å²) in [6.07, 6.45) is 5.84. The van der Waals surface area contributed by atoms with Crippen molar-refractivity contribution in [2.75, 3.05) is 11.1 Å². The standard InChI is InChI=1S/C21H18F2N4O2S/c22-14-4-5-17(16(23)10-14)25-19(28)12-30-20-15-2-1-3-18(15)27(21(29)26-20)11-13-6-8-24-9-7-13/h4-10H,1-3,11-12H2,(H,25,28). The predicted octanol–water partition coefficient (Wildman–Crippen LogP) is 3.18. The Morgan fingerprint density at radius 2 is 1.97 bits per heavy atom. The van der Waals surface area contributed by atoms with E-state index in [1.165, 1.54) is 6.07 Å². The first-order valence-corrected chi connectivity index (χ1v) is 10.4. The zero-order valence-corrected chi connectivity index (χ0v) is 16.7. The number of hydrogen-bond acceptors (Lipinski definition) is 5. The van der Waals surface area contributed by atoms with Crippen molar-refractivity contribution in [3.05, 3.63) is 81.7 Å². The first kappa shape index (κ1) is 20.2. The lowest BCUT2D eigenvalue weighted by molar-refractivity contribution is -0.113. The summed E-state index contributed by atoms with van der Waals surface area (Å²) in [6.45, 7) is 0.423. The number of anilines is 1. The number of nitrogens with one attached hydrogen (secondary N) is 1. The summed E-state index contributed by atoms with van der Waals surface area (Å²) in [7, 11) is 0. The molecule has 30 heavy (non-hydrogen) atoms. The fraction of sp³-hybridized carbons (Fsp3) is 0.238. The fourth-order valence-electron chi connectivity index (χ4n) is 3.45. The zero-order chi connectivity index (χ0) is 21.1. The van der Waals surface area contributed by atoms with Gasteiger partial charge in [0, 0.05) is 29.7 Å². The van der Waals surface area contributed by atoms with E-state index in [1.807, 2.05) is 12.1 Å². The van der Waals surface area contributed by atoms with Gasteiger partial charge in [0.25, 0.3) is 0 Å². The van der Waals surface area contributed by atoms with E-state index < -0.39 is 17.5 Å². The molecule has 0 saturated heterocycles. The predicted molar refractivity (Wildman–Crippen MR) is 110 cm³/mol. The molecular weight excluding hydrogens is 410 g/mol. The highest BCUT2D eigenvalue weighted by Gasteiger charge is 2.22. The molecule has 0 atom stereocenters. The van der Waals surface area contributed by atoms with Gasteiger partial charge in [-0.15, -0.1) is 0 Å². The molecule has 3 aromatic rings. The van der Waals surface area contributed by atoms with Crippen molar-refractivity contribution in [3.63, 3.8) is 0 Å². The number of carbonyl (C=O) groups excluding carboxylic acids is 1. The van der Waals surface area contributed by atoms with Crippen LogP contribution >= 0.6 is 11.8 Å². The lowest BCUT2D eigenvalue weighted by Crippen LogP contribution is -2.28. The SMILES string of the molecule is O=C(CSc1nc(=O)n(Cc2ccncc2)c2c1CCC2)Nc1ccc(F)cc1F. The number of hydrogen-bond donors (Lipinski definition) is 1.